The molecule has 0 radical (unpaired) electrons. The van der Waals surface area contributed by atoms with E-state index in [2.05, 4.69) is 26.3 Å². The maximum atomic E-state index is 5.83. The van der Waals surface area contributed by atoms with Gasteiger partial charge in [-0.2, -0.15) is 0 Å². The molecule has 0 aliphatic carbocycles. The van der Waals surface area contributed by atoms with Crippen molar-refractivity contribution >= 4 is 16.6 Å². The minimum atomic E-state index is 0.377. The molecular weight excluding hydrogens is 264 g/mol. The normalized spacial score (nSPS) is 10.6. The summed E-state index contributed by atoms with van der Waals surface area (Å²) in [4.78, 5) is 12.9. The molecule has 5 heteroatoms. The molecule has 0 amide bonds. The standard InChI is InChI=1S/C16H16N4O/c1-11-19-9-15(16(17-2)20-11)21-10-14-13-6-4-3-5-12(13)7-8-18-14/h3-9H,10H2,1-2H3,(H,17,19,20). The van der Waals surface area contributed by atoms with E-state index in [4.69, 9.17) is 4.74 Å². The van der Waals surface area contributed by atoms with E-state index < -0.39 is 0 Å². The number of hydrogen-bond acceptors (Lipinski definition) is 5. The van der Waals surface area contributed by atoms with E-state index in [0.29, 0.717) is 24.0 Å². The summed E-state index contributed by atoms with van der Waals surface area (Å²) >= 11 is 0. The molecular formula is C16H16N4O. The van der Waals surface area contributed by atoms with Crippen LogP contribution in [0.2, 0.25) is 0 Å². The lowest BCUT2D eigenvalue weighted by Gasteiger charge is -2.11. The Morgan fingerprint density at radius 2 is 2.00 bits per heavy atom. The van der Waals surface area contributed by atoms with Crippen molar-refractivity contribution in [3.8, 4) is 5.75 Å². The molecule has 0 aliphatic rings. The first-order chi connectivity index (χ1) is 10.3. The van der Waals surface area contributed by atoms with Gasteiger partial charge in [0.15, 0.2) is 11.6 Å². The third kappa shape index (κ3) is 2.76. The van der Waals surface area contributed by atoms with Gasteiger partial charge in [0.1, 0.15) is 12.4 Å². The fourth-order valence-corrected chi connectivity index (χ4v) is 2.19. The Kier molecular flexibility index (Phi) is 3.64. The number of rotatable bonds is 4. The fourth-order valence-electron chi connectivity index (χ4n) is 2.19. The van der Waals surface area contributed by atoms with Crippen LogP contribution in [-0.4, -0.2) is 22.0 Å². The number of fused-ring (bicyclic) bond motifs is 1. The molecule has 0 saturated carbocycles. The highest BCUT2D eigenvalue weighted by Gasteiger charge is 2.08. The predicted molar refractivity (Wildman–Crippen MR) is 82.4 cm³/mol. The van der Waals surface area contributed by atoms with Crippen LogP contribution >= 0.6 is 0 Å². The molecule has 2 aromatic heterocycles. The molecule has 1 N–H and O–H groups in total. The fraction of sp³-hybridized carbons (Fsp3) is 0.188. The molecule has 21 heavy (non-hydrogen) atoms. The number of aromatic nitrogens is 3. The van der Waals surface area contributed by atoms with Gasteiger partial charge in [0.25, 0.3) is 0 Å². The van der Waals surface area contributed by atoms with Crippen molar-refractivity contribution in [1.29, 1.82) is 0 Å². The Bertz CT molecular complexity index is 768. The molecule has 0 bridgehead atoms. The minimum absolute atomic E-state index is 0.377. The zero-order valence-electron chi connectivity index (χ0n) is 12.0. The van der Waals surface area contributed by atoms with Gasteiger partial charge in [-0.15, -0.1) is 0 Å². The van der Waals surface area contributed by atoms with Gasteiger partial charge in [-0.05, 0) is 18.4 Å². The second-order valence-electron chi connectivity index (χ2n) is 4.65. The lowest BCUT2D eigenvalue weighted by molar-refractivity contribution is 0.302. The van der Waals surface area contributed by atoms with Gasteiger partial charge in [0.2, 0.25) is 0 Å². The molecule has 2 heterocycles. The monoisotopic (exact) mass is 280 g/mol. The maximum absolute atomic E-state index is 5.83. The van der Waals surface area contributed by atoms with Gasteiger partial charge in [-0.25, -0.2) is 9.97 Å². The van der Waals surface area contributed by atoms with Gasteiger partial charge in [-0.1, -0.05) is 24.3 Å². The summed E-state index contributed by atoms with van der Waals surface area (Å²) in [7, 11) is 1.81. The highest BCUT2D eigenvalue weighted by atomic mass is 16.5. The summed E-state index contributed by atoms with van der Waals surface area (Å²) in [5.74, 6) is 2.01. The molecule has 1 aromatic carbocycles. The number of ether oxygens (including phenoxy) is 1. The number of hydrogen-bond donors (Lipinski definition) is 1. The zero-order valence-corrected chi connectivity index (χ0v) is 12.0. The lowest BCUT2D eigenvalue weighted by Crippen LogP contribution is -2.04. The SMILES string of the molecule is CNc1nc(C)ncc1OCc1nccc2ccccc12. The number of benzene rings is 1. The topological polar surface area (TPSA) is 59.9 Å². The van der Waals surface area contributed by atoms with Crippen LogP contribution in [0.5, 0.6) is 5.75 Å². The average molecular weight is 280 g/mol. The molecule has 0 fully saturated rings. The van der Waals surface area contributed by atoms with Crippen LogP contribution in [0.15, 0.2) is 42.7 Å². The summed E-state index contributed by atoms with van der Waals surface area (Å²) in [6.45, 7) is 2.22. The van der Waals surface area contributed by atoms with Crippen molar-refractivity contribution in [1.82, 2.24) is 15.0 Å². The van der Waals surface area contributed by atoms with Crippen LogP contribution in [0.25, 0.3) is 10.8 Å². The van der Waals surface area contributed by atoms with E-state index in [1.165, 1.54) is 0 Å². The summed E-state index contributed by atoms with van der Waals surface area (Å²) in [5, 5.41) is 5.26. The Hall–Kier alpha value is -2.69. The summed E-state index contributed by atoms with van der Waals surface area (Å²) in [5.41, 5.74) is 0.899. The van der Waals surface area contributed by atoms with E-state index >= 15 is 0 Å². The number of pyridine rings is 1. The smallest absolute Gasteiger partial charge is 0.180 e. The predicted octanol–water partition coefficient (Wildman–Crippen LogP) is 2.95. The molecule has 0 saturated heterocycles. The van der Waals surface area contributed by atoms with Gasteiger partial charge in [0.05, 0.1) is 11.9 Å². The van der Waals surface area contributed by atoms with Crippen LogP contribution in [0.4, 0.5) is 5.82 Å². The molecule has 0 aliphatic heterocycles. The van der Waals surface area contributed by atoms with Crippen molar-refractivity contribution in [3.05, 3.63) is 54.2 Å². The molecule has 5 nitrogen and oxygen atoms in total. The quantitative estimate of drug-likeness (QED) is 0.796. The van der Waals surface area contributed by atoms with Crippen molar-refractivity contribution < 1.29 is 4.74 Å². The number of nitrogens with one attached hydrogen (secondary N) is 1. The first-order valence-electron chi connectivity index (χ1n) is 6.75. The van der Waals surface area contributed by atoms with Crippen LogP contribution < -0.4 is 10.1 Å². The lowest BCUT2D eigenvalue weighted by atomic mass is 10.1. The van der Waals surface area contributed by atoms with Crippen molar-refractivity contribution in [2.75, 3.05) is 12.4 Å². The largest absolute Gasteiger partial charge is 0.482 e. The Labute approximate surface area is 123 Å². The van der Waals surface area contributed by atoms with Gasteiger partial charge in [0, 0.05) is 18.6 Å². The summed E-state index contributed by atoms with van der Waals surface area (Å²) in [6.07, 6.45) is 3.48. The molecule has 0 atom stereocenters. The number of anilines is 1. The molecule has 3 aromatic rings. The third-order valence-electron chi connectivity index (χ3n) is 3.23. The second kappa shape index (κ2) is 5.75. The molecule has 0 spiro atoms. The van der Waals surface area contributed by atoms with Crippen molar-refractivity contribution in [2.45, 2.75) is 13.5 Å². The first kappa shape index (κ1) is 13.3. The molecule has 3 rings (SSSR count). The van der Waals surface area contributed by atoms with E-state index in [1.54, 1.807) is 12.4 Å². The van der Waals surface area contributed by atoms with E-state index in [1.807, 2.05) is 38.2 Å². The van der Waals surface area contributed by atoms with Crippen LogP contribution in [0.3, 0.4) is 0 Å². The Balaban J connectivity index is 1.87. The summed E-state index contributed by atoms with van der Waals surface area (Å²) < 4.78 is 5.83. The summed E-state index contributed by atoms with van der Waals surface area (Å²) in [6, 6.07) is 10.1. The average Bonchev–Trinajstić information content (AvgIpc) is 2.53. The molecule has 0 unspecified atom stereocenters. The second-order valence-corrected chi connectivity index (χ2v) is 4.65. The van der Waals surface area contributed by atoms with Gasteiger partial charge >= 0.3 is 0 Å². The van der Waals surface area contributed by atoms with Gasteiger partial charge in [-0.3, -0.25) is 4.98 Å². The van der Waals surface area contributed by atoms with Crippen LogP contribution in [0.1, 0.15) is 11.5 Å². The molecule has 106 valence electrons. The van der Waals surface area contributed by atoms with Gasteiger partial charge < -0.3 is 10.1 Å². The Morgan fingerprint density at radius 3 is 2.86 bits per heavy atom. The maximum Gasteiger partial charge on any atom is 0.180 e. The Morgan fingerprint density at radius 1 is 1.14 bits per heavy atom. The van der Waals surface area contributed by atoms with E-state index in [-0.39, 0.29) is 0 Å². The van der Waals surface area contributed by atoms with Crippen LogP contribution in [-0.2, 0) is 6.61 Å². The third-order valence-corrected chi connectivity index (χ3v) is 3.23. The number of aryl methyl sites for hydroxylation is 1. The van der Waals surface area contributed by atoms with E-state index in [9.17, 15) is 0 Å². The minimum Gasteiger partial charge on any atom is -0.482 e. The highest BCUT2D eigenvalue weighted by molar-refractivity contribution is 5.84. The van der Waals surface area contributed by atoms with Crippen molar-refractivity contribution in [3.63, 3.8) is 0 Å². The van der Waals surface area contributed by atoms with Crippen LogP contribution in [0, 0.1) is 6.92 Å². The first-order valence-corrected chi connectivity index (χ1v) is 6.75. The van der Waals surface area contributed by atoms with E-state index in [0.717, 1.165) is 16.5 Å². The van der Waals surface area contributed by atoms with Crippen molar-refractivity contribution in [2.24, 2.45) is 0 Å². The number of nitrogens with zero attached hydrogens (tertiary/aromatic N) is 3. The highest BCUT2D eigenvalue weighted by Crippen LogP contribution is 2.23. The zero-order chi connectivity index (χ0) is 14.7.